The molecule has 3 heteroatoms. The number of rotatable bonds is 0. The van der Waals surface area contributed by atoms with Gasteiger partial charge < -0.3 is 15.3 Å². The van der Waals surface area contributed by atoms with Crippen LogP contribution >= 0.6 is 0 Å². The van der Waals surface area contributed by atoms with Crippen LogP contribution in [0.3, 0.4) is 0 Å². The minimum absolute atomic E-state index is 0.116. The first-order valence-corrected chi connectivity index (χ1v) is 8.18. The van der Waals surface area contributed by atoms with E-state index in [1.807, 2.05) is 6.07 Å². The molecular weight excluding hydrogens is 264 g/mol. The molecule has 0 saturated heterocycles. The molecule has 2 fully saturated rings. The van der Waals surface area contributed by atoms with Crippen molar-refractivity contribution in [3.63, 3.8) is 0 Å². The molecule has 21 heavy (non-hydrogen) atoms. The van der Waals surface area contributed by atoms with Gasteiger partial charge in [-0.1, -0.05) is 13.0 Å². The third-order valence-electron chi connectivity index (χ3n) is 6.68. The van der Waals surface area contributed by atoms with Gasteiger partial charge in [0.25, 0.3) is 0 Å². The summed E-state index contributed by atoms with van der Waals surface area (Å²) in [6.45, 7) is 2.17. The second-order valence-corrected chi connectivity index (χ2v) is 7.59. The largest absolute Gasteiger partial charge is 0.508 e. The van der Waals surface area contributed by atoms with E-state index >= 15 is 0 Å². The van der Waals surface area contributed by atoms with Gasteiger partial charge in [0, 0.05) is 0 Å². The number of hydrogen-bond acceptors (Lipinski definition) is 3. The van der Waals surface area contributed by atoms with Crippen LogP contribution in [0.15, 0.2) is 18.2 Å². The molecule has 3 nitrogen and oxygen atoms in total. The zero-order valence-corrected chi connectivity index (χ0v) is 12.5. The third kappa shape index (κ3) is 1.80. The van der Waals surface area contributed by atoms with Gasteiger partial charge in [0.2, 0.25) is 0 Å². The summed E-state index contributed by atoms with van der Waals surface area (Å²) in [5, 5.41) is 30.2. The smallest absolute Gasteiger partial charge is 0.115 e. The fourth-order valence-corrected chi connectivity index (χ4v) is 5.56. The van der Waals surface area contributed by atoms with Gasteiger partial charge in [-0.15, -0.1) is 0 Å². The van der Waals surface area contributed by atoms with Crippen molar-refractivity contribution in [3.8, 4) is 5.75 Å². The van der Waals surface area contributed by atoms with Crippen molar-refractivity contribution in [2.75, 3.05) is 0 Å². The Bertz CT molecular complexity index is 570. The average molecular weight is 288 g/mol. The fourth-order valence-electron chi connectivity index (χ4n) is 5.56. The normalized spacial score (nSPS) is 44.8. The number of benzene rings is 1. The Labute approximate surface area is 125 Å². The summed E-state index contributed by atoms with van der Waals surface area (Å²) in [5.41, 5.74) is 2.57. The van der Waals surface area contributed by atoms with Gasteiger partial charge in [0.15, 0.2) is 0 Å². The number of aliphatic hydroxyl groups is 2. The highest BCUT2D eigenvalue weighted by Crippen LogP contribution is 2.60. The molecule has 3 aliphatic carbocycles. The Kier molecular flexibility index (Phi) is 2.89. The van der Waals surface area contributed by atoms with Crippen LogP contribution in [-0.4, -0.2) is 27.5 Å². The van der Waals surface area contributed by atoms with Crippen LogP contribution in [0.2, 0.25) is 0 Å². The number of aryl methyl sites for hydroxylation is 1. The second-order valence-electron chi connectivity index (χ2n) is 7.59. The van der Waals surface area contributed by atoms with Crippen LogP contribution in [0.5, 0.6) is 5.75 Å². The van der Waals surface area contributed by atoms with Crippen molar-refractivity contribution in [2.45, 2.75) is 57.2 Å². The van der Waals surface area contributed by atoms with Crippen molar-refractivity contribution < 1.29 is 15.3 Å². The van der Waals surface area contributed by atoms with Crippen LogP contribution in [0.4, 0.5) is 0 Å². The van der Waals surface area contributed by atoms with E-state index < -0.39 is 12.2 Å². The van der Waals surface area contributed by atoms with Gasteiger partial charge in [-0.2, -0.15) is 0 Å². The van der Waals surface area contributed by atoms with Crippen LogP contribution in [0.25, 0.3) is 0 Å². The Hall–Kier alpha value is -1.06. The van der Waals surface area contributed by atoms with Gasteiger partial charge in [-0.05, 0) is 78.5 Å². The Morgan fingerprint density at radius 1 is 1.19 bits per heavy atom. The summed E-state index contributed by atoms with van der Waals surface area (Å²) >= 11 is 0. The first-order valence-electron chi connectivity index (χ1n) is 8.18. The maximum absolute atomic E-state index is 10.4. The maximum Gasteiger partial charge on any atom is 0.115 e. The molecule has 0 aromatic heterocycles. The number of phenolic OH excluding ortho intramolecular Hbond substituents is 1. The molecule has 6 atom stereocenters. The Balaban J connectivity index is 1.71. The van der Waals surface area contributed by atoms with Gasteiger partial charge in [0.05, 0.1) is 12.2 Å². The highest BCUT2D eigenvalue weighted by atomic mass is 16.3. The lowest BCUT2D eigenvalue weighted by atomic mass is 9.55. The van der Waals surface area contributed by atoms with Gasteiger partial charge >= 0.3 is 0 Å². The topological polar surface area (TPSA) is 60.7 Å². The van der Waals surface area contributed by atoms with E-state index in [0.717, 1.165) is 32.1 Å². The van der Waals surface area contributed by atoms with Crippen LogP contribution in [0.1, 0.15) is 49.7 Å². The maximum atomic E-state index is 10.4. The summed E-state index contributed by atoms with van der Waals surface area (Å²) < 4.78 is 0. The van der Waals surface area contributed by atoms with Gasteiger partial charge in [0.1, 0.15) is 5.75 Å². The predicted octanol–water partition coefficient (Wildman–Crippen LogP) is 2.58. The van der Waals surface area contributed by atoms with Gasteiger partial charge in [-0.3, -0.25) is 0 Å². The Morgan fingerprint density at radius 2 is 2.00 bits per heavy atom. The lowest BCUT2D eigenvalue weighted by Gasteiger charge is -2.49. The summed E-state index contributed by atoms with van der Waals surface area (Å²) in [4.78, 5) is 0. The number of hydrogen-bond donors (Lipinski definition) is 3. The van der Waals surface area contributed by atoms with E-state index in [0.29, 0.717) is 23.5 Å². The molecule has 2 saturated carbocycles. The van der Waals surface area contributed by atoms with Crippen molar-refractivity contribution in [3.05, 3.63) is 29.3 Å². The minimum Gasteiger partial charge on any atom is -0.508 e. The third-order valence-corrected chi connectivity index (χ3v) is 6.68. The number of fused-ring (bicyclic) bond motifs is 5. The molecule has 0 amide bonds. The fraction of sp³-hybridized carbons (Fsp3) is 0.667. The standard InChI is InChI=1S/C18H24O3/c1-18-7-6-13-12-5-3-11(19)8-10(12)2-4-14(13)15(18)9-16(20)17(18)21/h3,5,8,13-17,19-21H,2,4,6-7,9H2,1H3/t13-,14-,15+,16+,17-,18+/m0/s1. The molecule has 0 spiro atoms. The SMILES string of the molecule is C[C@@]12CC[C@H]3c4ccc(O)cc4CC[C@@H]3[C@H]1C[C@@H](O)[C@@H]2O. The molecule has 0 aliphatic heterocycles. The van der Waals surface area contributed by atoms with Gasteiger partial charge in [-0.25, -0.2) is 0 Å². The summed E-state index contributed by atoms with van der Waals surface area (Å²) in [6, 6.07) is 5.80. The van der Waals surface area contributed by atoms with E-state index in [1.54, 1.807) is 6.07 Å². The quantitative estimate of drug-likeness (QED) is 0.687. The highest BCUT2D eigenvalue weighted by Gasteiger charge is 2.57. The summed E-state index contributed by atoms with van der Waals surface area (Å²) in [7, 11) is 0. The second kappa shape index (κ2) is 4.47. The molecule has 4 rings (SSSR count). The predicted molar refractivity (Wildman–Crippen MR) is 80.1 cm³/mol. The van der Waals surface area contributed by atoms with Crippen molar-refractivity contribution in [1.29, 1.82) is 0 Å². The zero-order chi connectivity index (χ0) is 14.8. The lowest BCUT2D eigenvalue weighted by Crippen LogP contribution is -2.44. The first kappa shape index (κ1) is 13.6. The molecule has 0 heterocycles. The average Bonchev–Trinajstić information content (AvgIpc) is 2.70. The summed E-state index contributed by atoms with van der Waals surface area (Å²) in [6.07, 6.45) is 3.80. The van der Waals surface area contributed by atoms with Crippen LogP contribution < -0.4 is 0 Å². The molecule has 1 aromatic rings. The monoisotopic (exact) mass is 288 g/mol. The van der Waals surface area contributed by atoms with E-state index in [9.17, 15) is 15.3 Å². The van der Waals surface area contributed by atoms with Crippen molar-refractivity contribution >= 4 is 0 Å². The van der Waals surface area contributed by atoms with Crippen LogP contribution in [0, 0.1) is 17.3 Å². The van der Waals surface area contributed by atoms with E-state index in [4.69, 9.17) is 0 Å². The molecule has 0 bridgehead atoms. The highest BCUT2D eigenvalue weighted by molar-refractivity contribution is 5.40. The number of aliphatic hydroxyl groups excluding tert-OH is 2. The van der Waals surface area contributed by atoms with E-state index in [2.05, 4.69) is 13.0 Å². The molecule has 3 aliphatic rings. The van der Waals surface area contributed by atoms with Crippen LogP contribution in [-0.2, 0) is 6.42 Å². The molecule has 0 unspecified atom stereocenters. The first-order chi connectivity index (χ1) is 10.0. The minimum atomic E-state index is -0.565. The molecular formula is C18H24O3. The van der Waals surface area contributed by atoms with Crippen molar-refractivity contribution in [1.82, 2.24) is 0 Å². The molecule has 0 radical (unpaired) electrons. The summed E-state index contributed by atoms with van der Waals surface area (Å²) in [5.74, 6) is 1.88. The number of aromatic hydroxyl groups is 1. The van der Waals surface area contributed by atoms with Crippen molar-refractivity contribution in [2.24, 2.45) is 17.3 Å². The zero-order valence-electron chi connectivity index (χ0n) is 12.5. The molecule has 1 aromatic carbocycles. The lowest BCUT2D eigenvalue weighted by molar-refractivity contribution is -0.0505. The van der Waals surface area contributed by atoms with E-state index in [-0.39, 0.29) is 5.41 Å². The Morgan fingerprint density at radius 3 is 2.81 bits per heavy atom. The number of phenols is 1. The van der Waals surface area contributed by atoms with E-state index in [1.165, 1.54) is 11.1 Å². The molecule has 3 N–H and O–H groups in total. The molecule has 114 valence electrons.